The summed E-state index contributed by atoms with van der Waals surface area (Å²) in [6.45, 7) is 13.9. The number of carbonyl (C=O) groups excluding carboxylic acids is 3. The highest BCUT2D eigenvalue weighted by atomic mass is 32.1. The Morgan fingerprint density at radius 2 is 2.00 bits per heavy atom. The highest BCUT2D eigenvalue weighted by molar-refractivity contribution is 7.10. The van der Waals surface area contributed by atoms with Crippen molar-refractivity contribution < 1.29 is 23.9 Å². The molecule has 1 aliphatic carbocycles. The van der Waals surface area contributed by atoms with Crippen LogP contribution in [0.1, 0.15) is 76.8 Å². The van der Waals surface area contributed by atoms with Crippen LogP contribution in [0.2, 0.25) is 0 Å². The Morgan fingerprint density at radius 1 is 1.21 bits per heavy atom. The summed E-state index contributed by atoms with van der Waals surface area (Å²) in [5, 5.41) is 8.44. The molecule has 2 aliphatic heterocycles. The van der Waals surface area contributed by atoms with Gasteiger partial charge in [0, 0.05) is 71.6 Å². The first kappa shape index (κ1) is 36.2. The van der Waals surface area contributed by atoms with Crippen molar-refractivity contribution in [2.24, 2.45) is 23.2 Å². The second-order valence-corrected chi connectivity index (χ2v) is 16.5. The molecule has 4 aromatic rings. The molecule has 2 fully saturated rings. The molecule has 0 spiro atoms. The molecule has 11 nitrogen and oxygen atoms in total. The molecule has 5 heterocycles. The molecule has 2 amide bonds. The fourth-order valence-electron chi connectivity index (χ4n) is 7.97. The Kier molecular flexibility index (Phi) is 10.0. The Hall–Kier alpha value is -4.13. The number of ether oxygens (including phenoxy) is 2. The molecule has 6 bridgehead atoms. The van der Waals surface area contributed by atoms with Gasteiger partial charge in [-0.05, 0) is 74.8 Å². The van der Waals surface area contributed by atoms with Crippen molar-refractivity contribution in [3.8, 4) is 22.5 Å². The molecule has 7 rings (SSSR count). The number of methoxy groups -OCH3 is 1. The van der Waals surface area contributed by atoms with E-state index in [0.717, 1.165) is 56.2 Å². The standard InChI is InChI=1S/C40H50N6O5S/c1-8-45-32-14-13-25-17-27(32)28(36(45)26-11-9-15-41-35(26)24(4)50-7)19-40(5,6)21-51-39(49)29-12-10-16-46(44-29)38(48)30(18-33-42-31(25)20-52-33)43-37(47)34-22(2)23(34)3/h9,11,13-15,17,20,22-24,29-30,34,44H,8,10,12,16,18-19,21H2,1-7H3,(H,43,47)/t22-,23+,24-,29-,30-,34?/m0/s1. The van der Waals surface area contributed by atoms with E-state index < -0.39 is 17.5 Å². The number of benzene rings is 1. The van der Waals surface area contributed by atoms with Gasteiger partial charge in [-0.1, -0.05) is 33.8 Å². The largest absolute Gasteiger partial charge is 0.464 e. The SMILES string of the molecule is CCn1c(-c2cccnc2[C@H](C)OC)c2c3cc(ccc31)-c1csc(n1)C[C@H](NC(=O)C1[C@@H](C)[C@H]1C)C(=O)N1CCC[C@H](N1)C(=O)OCC(C)(C)C2. The zero-order valence-corrected chi connectivity index (χ0v) is 32.0. The van der Waals surface area contributed by atoms with Crippen molar-refractivity contribution in [3.63, 3.8) is 0 Å². The summed E-state index contributed by atoms with van der Waals surface area (Å²) in [5.41, 5.74) is 9.69. The molecule has 12 heteroatoms. The predicted molar refractivity (Wildman–Crippen MR) is 201 cm³/mol. The van der Waals surface area contributed by atoms with E-state index in [9.17, 15) is 14.4 Å². The maximum atomic E-state index is 14.1. The van der Waals surface area contributed by atoms with Gasteiger partial charge in [0.25, 0.3) is 5.91 Å². The summed E-state index contributed by atoms with van der Waals surface area (Å²) in [6.07, 6.45) is 3.64. The van der Waals surface area contributed by atoms with E-state index in [1.807, 2.05) is 18.4 Å². The van der Waals surface area contributed by atoms with Gasteiger partial charge in [0.15, 0.2) is 0 Å². The van der Waals surface area contributed by atoms with Crippen LogP contribution in [0.25, 0.3) is 33.4 Å². The number of nitrogens with one attached hydrogen (secondary N) is 2. The van der Waals surface area contributed by atoms with Crippen molar-refractivity contribution in [1.29, 1.82) is 0 Å². The lowest BCUT2D eigenvalue weighted by atomic mass is 9.84. The number of hydrazine groups is 1. The molecule has 1 aromatic carbocycles. The van der Waals surface area contributed by atoms with Crippen LogP contribution in [0, 0.1) is 23.2 Å². The maximum absolute atomic E-state index is 14.1. The van der Waals surface area contributed by atoms with Gasteiger partial charge in [-0.25, -0.2) is 10.4 Å². The number of fused-ring (bicyclic) bond motifs is 6. The van der Waals surface area contributed by atoms with Crippen molar-refractivity contribution >= 4 is 40.0 Å². The molecular formula is C40H50N6O5S. The average Bonchev–Trinajstić information content (AvgIpc) is 3.43. The number of nitrogens with zero attached hydrogens (tertiary/aromatic N) is 4. The number of pyridine rings is 1. The lowest BCUT2D eigenvalue weighted by Crippen LogP contribution is -2.60. The zero-order chi connectivity index (χ0) is 36.9. The second-order valence-electron chi connectivity index (χ2n) is 15.5. The van der Waals surface area contributed by atoms with E-state index in [2.05, 4.69) is 74.2 Å². The summed E-state index contributed by atoms with van der Waals surface area (Å²) in [6, 6.07) is 9.05. The van der Waals surface area contributed by atoms with E-state index in [4.69, 9.17) is 19.4 Å². The minimum atomic E-state index is -0.829. The summed E-state index contributed by atoms with van der Waals surface area (Å²) in [4.78, 5) is 50.9. The predicted octanol–water partition coefficient (Wildman–Crippen LogP) is 6.10. The Balaban J connectivity index is 1.35. The number of hydrogen-bond acceptors (Lipinski definition) is 9. The summed E-state index contributed by atoms with van der Waals surface area (Å²) in [7, 11) is 1.70. The third-order valence-corrected chi connectivity index (χ3v) is 12.2. The van der Waals surface area contributed by atoms with Gasteiger partial charge in [-0.15, -0.1) is 11.3 Å². The number of hydrogen-bond donors (Lipinski definition) is 2. The maximum Gasteiger partial charge on any atom is 0.324 e. The average molecular weight is 727 g/mol. The smallest absolute Gasteiger partial charge is 0.324 e. The van der Waals surface area contributed by atoms with Crippen LogP contribution in [-0.4, -0.2) is 69.7 Å². The van der Waals surface area contributed by atoms with Crippen LogP contribution in [0.15, 0.2) is 41.9 Å². The molecule has 52 heavy (non-hydrogen) atoms. The van der Waals surface area contributed by atoms with E-state index in [1.54, 1.807) is 13.3 Å². The number of carbonyl (C=O) groups is 3. The molecule has 6 atom stereocenters. The zero-order valence-electron chi connectivity index (χ0n) is 31.2. The topological polar surface area (TPSA) is 128 Å². The number of amides is 2. The van der Waals surface area contributed by atoms with Crippen LogP contribution < -0.4 is 10.7 Å². The highest BCUT2D eigenvalue weighted by Crippen LogP contribution is 2.46. The Morgan fingerprint density at radius 3 is 2.73 bits per heavy atom. The van der Waals surface area contributed by atoms with E-state index in [1.165, 1.54) is 16.3 Å². The minimum absolute atomic E-state index is 0.113. The number of thiazole rings is 1. The van der Waals surface area contributed by atoms with Crippen molar-refractivity contribution in [2.75, 3.05) is 20.3 Å². The molecule has 2 N–H and O–H groups in total. The van der Waals surface area contributed by atoms with Gasteiger partial charge in [0.1, 0.15) is 12.1 Å². The lowest BCUT2D eigenvalue weighted by molar-refractivity contribution is -0.155. The van der Waals surface area contributed by atoms with E-state index in [-0.39, 0.29) is 54.7 Å². The van der Waals surface area contributed by atoms with Crippen LogP contribution in [-0.2, 0) is 43.2 Å². The van der Waals surface area contributed by atoms with Gasteiger partial charge < -0.3 is 19.4 Å². The molecule has 0 radical (unpaired) electrons. The number of rotatable bonds is 6. The molecular weight excluding hydrogens is 677 g/mol. The van der Waals surface area contributed by atoms with Crippen LogP contribution >= 0.6 is 11.3 Å². The molecule has 1 unspecified atom stereocenters. The Bertz CT molecular complexity index is 1990. The summed E-state index contributed by atoms with van der Waals surface area (Å²) >= 11 is 1.49. The third-order valence-electron chi connectivity index (χ3n) is 11.3. The van der Waals surface area contributed by atoms with Crippen LogP contribution in [0.5, 0.6) is 0 Å². The van der Waals surface area contributed by atoms with Gasteiger partial charge in [-0.3, -0.25) is 24.4 Å². The monoisotopic (exact) mass is 726 g/mol. The normalized spacial score (nSPS) is 25.4. The van der Waals surface area contributed by atoms with E-state index in [0.29, 0.717) is 25.8 Å². The van der Waals surface area contributed by atoms with Crippen molar-refractivity contribution in [2.45, 2.75) is 92.0 Å². The van der Waals surface area contributed by atoms with Crippen molar-refractivity contribution in [1.82, 2.24) is 30.3 Å². The van der Waals surface area contributed by atoms with Gasteiger partial charge in [0.05, 0.1) is 34.8 Å². The quantitative estimate of drug-likeness (QED) is 0.228. The molecule has 1 saturated heterocycles. The van der Waals surface area contributed by atoms with Gasteiger partial charge >= 0.3 is 5.97 Å². The molecule has 3 aliphatic rings. The fraction of sp³-hybridized carbons (Fsp3) is 0.525. The fourth-order valence-corrected chi connectivity index (χ4v) is 8.82. The first-order chi connectivity index (χ1) is 24.9. The number of aryl methyl sites for hydroxylation is 1. The van der Waals surface area contributed by atoms with Crippen molar-refractivity contribution in [3.05, 3.63) is 58.2 Å². The lowest BCUT2D eigenvalue weighted by Gasteiger charge is -2.35. The second kappa shape index (κ2) is 14.4. The summed E-state index contributed by atoms with van der Waals surface area (Å²) < 4.78 is 14.2. The third kappa shape index (κ3) is 6.88. The Labute approximate surface area is 309 Å². The summed E-state index contributed by atoms with van der Waals surface area (Å²) in [5.74, 6) is -0.351. The molecule has 1 saturated carbocycles. The first-order valence-corrected chi connectivity index (χ1v) is 19.4. The highest BCUT2D eigenvalue weighted by Gasteiger charge is 2.49. The number of esters is 1. The number of cyclic esters (lactones) is 1. The van der Waals surface area contributed by atoms with Gasteiger partial charge in [0.2, 0.25) is 5.91 Å². The first-order valence-electron chi connectivity index (χ1n) is 18.5. The van der Waals surface area contributed by atoms with E-state index >= 15 is 0 Å². The van der Waals surface area contributed by atoms with Gasteiger partial charge in [-0.2, -0.15) is 0 Å². The minimum Gasteiger partial charge on any atom is -0.464 e. The van der Waals surface area contributed by atoms with Crippen LogP contribution in [0.3, 0.4) is 0 Å². The molecule has 276 valence electrons. The van der Waals surface area contributed by atoms with Crippen LogP contribution in [0.4, 0.5) is 0 Å². The molecule has 3 aromatic heterocycles. The number of aromatic nitrogens is 3.